The fourth-order valence-corrected chi connectivity index (χ4v) is 2.07. The van der Waals surface area contributed by atoms with E-state index in [2.05, 4.69) is 11.1 Å². The van der Waals surface area contributed by atoms with Crippen LogP contribution < -0.4 is 14.2 Å². The zero-order chi connectivity index (χ0) is 14.7. The number of rotatable bonds is 4. The second-order valence-corrected chi connectivity index (χ2v) is 4.36. The Balaban J connectivity index is 2.02. The molecule has 3 rings (SSSR count). The van der Waals surface area contributed by atoms with Crippen molar-refractivity contribution in [3.63, 3.8) is 0 Å². The standard InChI is InChI=1S/C17H14NO3/c1-19-14-8-5-9-15(20-2)17(14)21-16-11-10-12-6-3-4-7-13(12)18-16/h4-11H,1-2H3. The zero-order valence-electron chi connectivity index (χ0n) is 11.8. The topological polar surface area (TPSA) is 40.6 Å². The zero-order valence-corrected chi connectivity index (χ0v) is 11.8. The Hall–Kier alpha value is -2.75. The highest BCUT2D eigenvalue weighted by molar-refractivity contribution is 5.78. The fraction of sp³-hybridized carbons (Fsp3) is 0.118. The summed E-state index contributed by atoms with van der Waals surface area (Å²) in [6.07, 6.45) is 0. The van der Waals surface area contributed by atoms with Crippen LogP contribution in [-0.4, -0.2) is 19.2 Å². The number of hydrogen-bond acceptors (Lipinski definition) is 4. The molecule has 0 atom stereocenters. The van der Waals surface area contributed by atoms with Crippen molar-refractivity contribution < 1.29 is 14.2 Å². The number of nitrogens with zero attached hydrogens (tertiary/aromatic N) is 1. The quantitative estimate of drug-likeness (QED) is 0.728. The Labute approximate surface area is 122 Å². The van der Waals surface area contributed by atoms with E-state index in [-0.39, 0.29) is 0 Å². The molecule has 2 aromatic carbocycles. The number of hydrogen-bond donors (Lipinski definition) is 0. The molecule has 0 unspecified atom stereocenters. The molecule has 0 aliphatic carbocycles. The summed E-state index contributed by atoms with van der Waals surface area (Å²) < 4.78 is 16.5. The van der Waals surface area contributed by atoms with Gasteiger partial charge in [0.1, 0.15) is 0 Å². The SMILES string of the molecule is COc1cccc(OC)c1Oc1ccc2c[c]ccc2n1. The summed E-state index contributed by atoms with van der Waals surface area (Å²) in [7, 11) is 3.18. The van der Waals surface area contributed by atoms with Crippen molar-refractivity contribution in [1.82, 2.24) is 4.98 Å². The molecule has 0 aliphatic rings. The predicted octanol–water partition coefficient (Wildman–Crippen LogP) is 3.84. The molecule has 3 aromatic rings. The largest absolute Gasteiger partial charge is 0.493 e. The first kappa shape index (κ1) is 13.2. The van der Waals surface area contributed by atoms with E-state index in [1.165, 1.54) is 0 Å². The summed E-state index contributed by atoms with van der Waals surface area (Å²) in [6.45, 7) is 0. The number of ether oxygens (including phenoxy) is 3. The minimum absolute atomic E-state index is 0.483. The molecule has 4 nitrogen and oxygen atoms in total. The van der Waals surface area contributed by atoms with Gasteiger partial charge in [-0.3, -0.25) is 0 Å². The van der Waals surface area contributed by atoms with Gasteiger partial charge in [0.05, 0.1) is 19.7 Å². The van der Waals surface area contributed by atoms with Crippen molar-refractivity contribution >= 4 is 10.9 Å². The van der Waals surface area contributed by atoms with Gasteiger partial charge in [0.25, 0.3) is 0 Å². The molecule has 4 heteroatoms. The summed E-state index contributed by atoms with van der Waals surface area (Å²) in [5.41, 5.74) is 0.847. The Morgan fingerprint density at radius 3 is 2.43 bits per heavy atom. The van der Waals surface area contributed by atoms with Crippen LogP contribution in [0.15, 0.2) is 48.5 Å². The second kappa shape index (κ2) is 5.71. The molecule has 0 aliphatic heterocycles. The molecular weight excluding hydrogens is 266 g/mol. The first-order valence-electron chi connectivity index (χ1n) is 6.47. The Morgan fingerprint density at radius 2 is 1.71 bits per heavy atom. The van der Waals surface area contributed by atoms with Crippen LogP contribution in [-0.2, 0) is 0 Å². The molecule has 21 heavy (non-hydrogen) atoms. The first-order chi connectivity index (χ1) is 10.3. The van der Waals surface area contributed by atoms with Crippen molar-refractivity contribution in [3.8, 4) is 23.1 Å². The van der Waals surface area contributed by atoms with Gasteiger partial charge in [-0.1, -0.05) is 12.1 Å². The van der Waals surface area contributed by atoms with E-state index in [0.717, 1.165) is 10.9 Å². The van der Waals surface area contributed by atoms with E-state index in [0.29, 0.717) is 23.1 Å². The van der Waals surface area contributed by atoms with Crippen molar-refractivity contribution in [1.29, 1.82) is 0 Å². The van der Waals surface area contributed by atoms with Crippen molar-refractivity contribution in [3.05, 3.63) is 54.6 Å². The highest BCUT2D eigenvalue weighted by Gasteiger charge is 2.13. The highest BCUT2D eigenvalue weighted by atomic mass is 16.5. The van der Waals surface area contributed by atoms with Gasteiger partial charge in [-0.2, -0.15) is 0 Å². The lowest BCUT2D eigenvalue weighted by Gasteiger charge is -2.13. The van der Waals surface area contributed by atoms with Crippen LogP contribution in [0, 0.1) is 6.07 Å². The van der Waals surface area contributed by atoms with Crippen molar-refractivity contribution in [2.45, 2.75) is 0 Å². The van der Waals surface area contributed by atoms with Gasteiger partial charge >= 0.3 is 0 Å². The maximum absolute atomic E-state index is 5.86. The summed E-state index contributed by atoms with van der Waals surface area (Å²) >= 11 is 0. The van der Waals surface area contributed by atoms with Gasteiger partial charge in [-0.25, -0.2) is 4.98 Å². The summed E-state index contributed by atoms with van der Waals surface area (Å²) in [5.74, 6) is 2.18. The smallest absolute Gasteiger partial charge is 0.220 e. The molecule has 1 heterocycles. The van der Waals surface area contributed by atoms with Gasteiger partial charge < -0.3 is 14.2 Å². The van der Waals surface area contributed by atoms with Gasteiger partial charge in [-0.05, 0) is 36.4 Å². The molecule has 105 valence electrons. The monoisotopic (exact) mass is 280 g/mol. The molecule has 0 amide bonds. The third-order valence-corrected chi connectivity index (χ3v) is 3.10. The number of methoxy groups -OCH3 is 2. The fourth-order valence-electron chi connectivity index (χ4n) is 2.07. The molecule has 0 fully saturated rings. The molecule has 1 radical (unpaired) electrons. The van der Waals surface area contributed by atoms with E-state index in [9.17, 15) is 0 Å². The lowest BCUT2D eigenvalue weighted by Crippen LogP contribution is -1.95. The van der Waals surface area contributed by atoms with Crippen LogP contribution in [0.5, 0.6) is 23.1 Å². The Morgan fingerprint density at radius 1 is 0.952 bits per heavy atom. The van der Waals surface area contributed by atoms with Gasteiger partial charge in [-0.15, -0.1) is 0 Å². The summed E-state index contributed by atoms with van der Waals surface area (Å²) in [6, 6.07) is 17.8. The van der Waals surface area contributed by atoms with E-state index >= 15 is 0 Å². The van der Waals surface area contributed by atoms with Crippen molar-refractivity contribution in [2.24, 2.45) is 0 Å². The third-order valence-electron chi connectivity index (χ3n) is 3.10. The molecule has 0 N–H and O–H groups in total. The van der Waals surface area contributed by atoms with Crippen LogP contribution in [0.2, 0.25) is 0 Å². The van der Waals surface area contributed by atoms with Gasteiger partial charge in [0.2, 0.25) is 11.6 Å². The van der Waals surface area contributed by atoms with E-state index in [1.54, 1.807) is 14.2 Å². The average molecular weight is 280 g/mol. The van der Waals surface area contributed by atoms with E-state index in [1.807, 2.05) is 48.5 Å². The molecular formula is C17H14NO3. The summed E-state index contributed by atoms with van der Waals surface area (Å²) in [4.78, 5) is 4.47. The number of pyridine rings is 1. The van der Waals surface area contributed by atoms with Crippen LogP contribution in [0.4, 0.5) is 0 Å². The third kappa shape index (κ3) is 2.60. The number of benzene rings is 2. The first-order valence-corrected chi connectivity index (χ1v) is 6.47. The van der Waals surface area contributed by atoms with E-state index in [4.69, 9.17) is 14.2 Å². The number of aromatic nitrogens is 1. The maximum Gasteiger partial charge on any atom is 0.220 e. The molecule has 0 saturated heterocycles. The lowest BCUT2D eigenvalue weighted by atomic mass is 10.2. The van der Waals surface area contributed by atoms with Crippen LogP contribution in [0.25, 0.3) is 10.9 Å². The molecule has 0 bridgehead atoms. The molecule has 0 spiro atoms. The van der Waals surface area contributed by atoms with Crippen molar-refractivity contribution in [2.75, 3.05) is 14.2 Å². The molecule has 1 aromatic heterocycles. The second-order valence-electron chi connectivity index (χ2n) is 4.36. The van der Waals surface area contributed by atoms with Gasteiger partial charge in [0, 0.05) is 11.5 Å². The minimum atomic E-state index is 0.483. The van der Waals surface area contributed by atoms with Crippen LogP contribution >= 0.6 is 0 Å². The van der Waals surface area contributed by atoms with E-state index < -0.39 is 0 Å². The average Bonchev–Trinajstić information content (AvgIpc) is 2.55. The minimum Gasteiger partial charge on any atom is -0.493 e. The van der Waals surface area contributed by atoms with Crippen LogP contribution in [0.1, 0.15) is 0 Å². The Kier molecular flexibility index (Phi) is 3.60. The highest BCUT2D eigenvalue weighted by Crippen LogP contribution is 2.39. The normalized spacial score (nSPS) is 10.4. The number of fused-ring (bicyclic) bond motifs is 1. The maximum atomic E-state index is 5.86. The molecule has 0 saturated carbocycles. The lowest BCUT2D eigenvalue weighted by molar-refractivity contribution is 0.342. The Bertz CT molecular complexity index is 749. The van der Waals surface area contributed by atoms with Gasteiger partial charge in [0.15, 0.2) is 11.5 Å². The van der Waals surface area contributed by atoms with Crippen LogP contribution in [0.3, 0.4) is 0 Å². The predicted molar refractivity (Wildman–Crippen MR) is 80.2 cm³/mol. The summed E-state index contributed by atoms with van der Waals surface area (Å²) in [5, 5.41) is 1.01. The number of para-hydroxylation sites is 1.